The number of carboxylic acid groups (broad SMARTS) is 1. The van der Waals surface area contributed by atoms with E-state index < -0.39 is 17.7 Å². The molecule has 0 bridgehead atoms. The van der Waals surface area contributed by atoms with E-state index >= 15 is 0 Å². The molecule has 0 unspecified atom stereocenters. The normalized spacial score (nSPS) is 11.1. The number of alkyl halides is 3. The van der Waals surface area contributed by atoms with Crippen LogP contribution in [0, 0.1) is 0 Å². The number of hydrogen-bond donors (Lipinski definition) is 2. The molecule has 3 aromatic rings. The first-order valence-electron chi connectivity index (χ1n) is 8.32. The maximum absolute atomic E-state index is 12.8. The van der Waals surface area contributed by atoms with E-state index in [0.29, 0.717) is 12.3 Å². The zero-order chi connectivity index (χ0) is 20.1. The van der Waals surface area contributed by atoms with Gasteiger partial charge in [0.05, 0.1) is 11.1 Å². The van der Waals surface area contributed by atoms with Crippen molar-refractivity contribution in [1.82, 2.24) is 0 Å². The second-order valence-corrected chi connectivity index (χ2v) is 6.01. The van der Waals surface area contributed by atoms with Crippen LogP contribution in [0.5, 0.6) is 11.5 Å². The van der Waals surface area contributed by atoms with Gasteiger partial charge in [-0.05, 0) is 60.2 Å². The van der Waals surface area contributed by atoms with Crippen LogP contribution in [0.2, 0.25) is 0 Å². The highest BCUT2D eigenvalue weighted by Crippen LogP contribution is 2.32. The minimum Gasteiger partial charge on any atom is -0.478 e. The fourth-order valence-electron chi connectivity index (χ4n) is 2.53. The first-order chi connectivity index (χ1) is 13.3. The zero-order valence-corrected chi connectivity index (χ0v) is 14.5. The van der Waals surface area contributed by atoms with Crippen LogP contribution in [0.15, 0.2) is 72.8 Å². The number of carbonyl (C=O) groups is 1. The summed E-state index contributed by atoms with van der Waals surface area (Å²) in [6.45, 7) is 0.437. The molecule has 0 aliphatic rings. The summed E-state index contributed by atoms with van der Waals surface area (Å²) in [6.07, 6.45) is -4.43. The van der Waals surface area contributed by atoms with Gasteiger partial charge in [0.1, 0.15) is 11.5 Å². The third-order valence-corrected chi connectivity index (χ3v) is 3.92. The van der Waals surface area contributed by atoms with Crippen LogP contribution < -0.4 is 10.1 Å². The Balaban J connectivity index is 1.66. The first-order valence-corrected chi connectivity index (χ1v) is 8.32. The van der Waals surface area contributed by atoms with E-state index in [4.69, 9.17) is 9.84 Å². The summed E-state index contributed by atoms with van der Waals surface area (Å²) in [5.74, 6) is -0.477. The van der Waals surface area contributed by atoms with Crippen LogP contribution >= 0.6 is 0 Å². The molecule has 0 heterocycles. The van der Waals surface area contributed by atoms with Crippen LogP contribution in [0.1, 0.15) is 21.5 Å². The number of aromatic carboxylic acids is 1. The van der Waals surface area contributed by atoms with E-state index in [1.54, 1.807) is 30.3 Å². The van der Waals surface area contributed by atoms with Gasteiger partial charge < -0.3 is 15.2 Å². The van der Waals surface area contributed by atoms with Crippen molar-refractivity contribution in [3.63, 3.8) is 0 Å². The summed E-state index contributed by atoms with van der Waals surface area (Å²) < 4.78 is 44.0. The number of halogens is 3. The van der Waals surface area contributed by atoms with Crippen molar-refractivity contribution in [1.29, 1.82) is 0 Å². The Kier molecular flexibility index (Phi) is 5.54. The predicted molar refractivity (Wildman–Crippen MR) is 98.7 cm³/mol. The van der Waals surface area contributed by atoms with Gasteiger partial charge in [-0.1, -0.05) is 18.2 Å². The van der Waals surface area contributed by atoms with Crippen LogP contribution in [0.4, 0.5) is 18.9 Å². The van der Waals surface area contributed by atoms with Crippen molar-refractivity contribution in [2.45, 2.75) is 12.7 Å². The van der Waals surface area contributed by atoms with Crippen molar-refractivity contribution in [3.05, 3.63) is 89.5 Å². The second-order valence-electron chi connectivity index (χ2n) is 6.01. The number of anilines is 1. The van der Waals surface area contributed by atoms with Gasteiger partial charge in [-0.3, -0.25) is 0 Å². The van der Waals surface area contributed by atoms with Crippen molar-refractivity contribution < 1.29 is 27.8 Å². The average Bonchev–Trinajstić information content (AvgIpc) is 2.66. The van der Waals surface area contributed by atoms with Crippen molar-refractivity contribution in [3.8, 4) is 11.5 Å². The van der Waals surface area contributed by atoms with Crippen molar-refractivity contribution in [2.75, 3.05) is 5.32 Å². The number of ether oxygens (including phenoxy) is 1. The predicted octanol–water partition coefficient (Wildman–Crippen LogP) is 5.81. The van der Waals surface area contributed by atoms with E-state index in [-0.39, 0.29) is 11.3 Å². The smallest absolute Gasteiger partial charge is 0.416 e. The quantitative estimate of drug-likeness (QED) is 0.561. The Morgan fingerprint density at radius 3 is 2.21 bits per heavy atom. The number of hydrogen-bond acceptors (Lipinski definition) is 3. The SMILES string of the molecule is O=C(O)c1ccc(NCc2cccc(Oc3cccc(C(F)(F)F)c3)c2)cc1. The fourth-order valence-corrected chi connectivity index (χ4v) is 2.53. The third-order valence-electron chi connectivity index (χ3n) is 3.92. The molecule has 0 radical (unpaired) electrons. The third kappa shape index (κ3) is 5.03. The highest BCUT2D eigenvalue weighted by molar-refractivity contribution is 5.87. The highest BCUT2D eigenvalue weighted by Gasteiger charge is 2.30. The molecule has 0 aromatic heterocycles. The Morgan fingerprint density at radius 1 is 0.929 bits per heavy atom. The lowest BCUT2D eigenvalue weighted by Crippen LogP contribution is -2.04. The van der Waals surface area contributed by atoms with Gasteiger partial charge in [0.15, 0.2) is 0 Å². The number of rotatable bonds is 6. The molecule has 4 nitrogen and oxygen atoms in total. The molecule has 0 aliphatic carbocycles. The molecular weight excluding hydrogens is 371 g/mol. The standard InChI is InChI=1S/C21H16F3NO3/c22-21(23,24)16-4-2-6-19(12-16)28-18-5-1-3-14(11-18)13-25-17-9-7-15(8-10-17)20(26)27/h1-12,25H,13H2,(H,26,27). The summed E-state index contributed by atoms with van der Waals surface area (Å²) >= 11 is 0. The number of nitrogens with one attached hydrogen (secondary N) is 1. The van der Waals surface area contributed by atoms with Crippen LogP contribution in [-0.4, -0.2) is 11.1 Å². The Morgan fingerprint density at radius 2 is 1.57 bits per heavy atom. The Bertz CT molecular complexity index is 969. The Hall–Kier alpha value is -3.48. The van der Waals surface area contributed by atoms with Crippen LogP contribution in [0.25, 0.3) is 0 Å². The van der Waals surface area contributed by atoms with Gasteiger partial charge in [-0.15, -0.1) is 0 Å². The van der Waals surface area contributed by atoms with Crippen LogP contribution in [0.3, 0.4) is 0 Å². The number of carboxylic acids is 1. The highest BCUT2D eigenvalue weighted by atomic mass is 19.4. The summed E-state index contributed by atoms with van der Waals surface area (Å²) in [4.78, 5) is 10.9. The van der Waals surface area contributed by atoms with Gasteiger partial charge in [-0.2, -0.15) is 13.2 Å². The molecule has 3 aromatic carbocycles. The van der Waals surface area contributed by atoms with Gasteiger partial charge in [0.25, 0.3) is 0 Å². The topological polar surface area (TPSA) is 58.6 Å². The summed E-state index contributed by atoms with van der Waals surface area (Å²) in [7, 11) is 0. The van der Waals surface area contributed by atoms with E-state index in [0.717, 1.165) is 23.4 Å². The molecule has 0 spiro atoms. The summed E-state index contributed by atoms with van der Waals surface area (Å²) in [6, 6.07) is 18.0. The van der Waals surface area contributed by atoms with Gasteiger partial charge in [0, 0.05) is 12.2 Å². The average molecular weight is 387 g/mol. The lowest BCUT2D eigenvalue weighted by Gasteiger charge is -2.11. The molecule has 7 heteroatoms. The van der Waals surface area contributed by atoms with Crippen molar-refractivity contribution in [2.24, 2.45) is 0 Å². The molecule has 2 N–H and O–H groups in total. The van der Waals surface area contributed by atoms with Crippen LogP contribution in [-0.2, 0) is 12.7 Å². The Labute approximate surface area is 159 Å². The molecule has 144 valence electrons. The van der Waals surface area contributed by atoms with Gasteiger partial charge >= 0.3 is 12.1 Å². The fraction of sp³-hybridized carbons (Fsp3) is 0.0952. The zero-order valence-electron chi connectivity index (χ0n) is 14.5. The van der Waals surface area contributed by atoms with E-state index in [2.05, 4.69) is 5.32 Å². The minimum absolute atomic E-state index is 0.101. The maximum atomic E-state index is 12.8. The lowest BCUT2D eigenvalue weighted by atomic mass is 10.2. The maximum Gasteiger partial charge on any atom is 0.416 e. The molecule has 0 amide bonds. The van der Waals surface area contributed by atoms with Gasteiger partial charge in [-0.25, -0.2) is 4.79 Å². The molecular formula is C21H16F3NO3. The van der Waals surface area contributed by atoms with Crippen molar-refractivity contribution >= 4 is 11.7 Å². The second kappa shape index (κ2) is 8.04. The lowest BCUT2D eigenvalue weighted by molar-refractivity contribution is -0.137. The van der Waals surface area contributed by atoms with E-state index in [1.165, 1.54) is 24.3 Å². The molecule has 0 fully saturated rings. The first kappa shape index (κ1) is 19.3. The summed E-state index contributed by atoms with van der Waals surface area (Å²) in [5.41, 5.74) is 1.02. The molecule has 0 aliphatic heterocycles. The van der Waals surface area contributed by atoms with Gasteiger partial charge in [0.2, 0.25) is 0 Å². The molecule has 28 heavy (non-hydrogen) atoms. The minimum atomic E-state index is -4.43. The largest absolute Gasteiger partial charge is 0.478 e. The molecule has 0 atom stereocenters. The van der Waals surface area contributed by atoms with E-state index in [9.17, 15) is 18.0 Å². The van der Waals surface area contributed by atoms with E-state index in [1.807, 2.05) is 6.07 Å². The molecule has 0 saturated carbocycles. The monoisotopic (exact) mass is 387 g/mol. The summed E-state index contributed by atoms with van der Waals surface area (Å²) in [5, 5.41) is 12.1. The number of benzene rings is 3. The molecule has 0 saturated heterocycles. The molecule has 3 rings (SSSR count).